The number of halogens is 4. The fourth-order valence-electron chi connectivity index (χ4n) is 1.27. The summed E-state index contributed by atoms with van der Waals surface area (Å²) in [6.07, 6.45) is -6.02. The summed E-state index contributed by atoms with van der Waals surface area (Å²) in [6, 6.07) is 0.145. The van der Waals surface area contributed by atoms with Crippen LogP contribution in [0, 0.1) is 15.9 Å². The van der Waals surface area contributed by atoms with Crippen LogP contribution in [0.25, 0.3) is 0 Å². The van der Waals surface area contributed by atoms with Gasteiger partial charge in [-0.1, -0.05) is 0 Å². The van der Waals surface area contributed by atoms with Crippen molar-refractivity contribution in [1.82, 2.24) is 0 Å². The number of alkyl halides is 3. The predicted molar refractivity (Wildman–Crippen MR) is 49.4 cm³/mol. The van der Waals surface area contributed by atoms with Crippen LogP contribution >= 0.6 is 0 Å². The Balaban J connectivity index is 3.45. The van der Waals surface area contributed by atoms with Gasteiger partial charge in [-0.25, -0.2) is 4.39 Å². The topological polar surface area (TPSA) is 80.4 Å². The van der Waals surface area contributed by atoms with Gasteiger partial charge in [0.1, 0.15) is 5.82 Å². The van der Waals surface area contributed by atoms with E-state index in [2.05, 4.69) is 0 Å². The van der Waals surface area contributed by atoms with Gasteiger partial charge >= 0.3 is 12.1 Å². The summed E-state index contributed by atoms with van der Waals surface area (Å²) in [7, 11) is 0. The fourth-order valence-corrected chi connectivity index (χ4v) is 1.27. The third-order valence-corrected chi connectivity index (χ3v) is 2.02. The van der Waals surface area contributed by atoms with Gasteiger partial charge in [-0.05, 0) is 6.07 Å². The molecular weight excluding hydrogens is 262 g/mol. The summed E-state index contributed by atoms with van der Waals surface area (Å²) in [6.45, 7) is 0. The van der Waals surface area contributed by atoms with Crippen molar-refractivity contribution in [2.75, 3.05) is 0 Å². The maximum atomic E-state index is 13.3. The van der Waals surface area contributed by atoms with Crippen molar-refractivity contribution in [1.29, 1.82) is 0 Å². The van der Waals surface area contributed by atoms with Gasteiger partial charge in [0.25, 0.3) is 5.69 Å². The second-order valence-electron chi connectivity index (χ2n) is 3.28. The van der Waals surface area contributed by atoms with Gasteiger partial charge in [-0.15, -0.1) is 0 Å². The fraction of sp³-hybridized carbons (Fsp3) is 0.222. The number of carboxylic acids is 1. The number of carbonyl (C=O) groups is 1. The minimum atomic E-state index is -4.95. The summed E-state index contributed by atoms with van der Waals surface area (Å²) < 4.78 is 50.2. The number of nitrogens with zero attached hydrogens (tertiary/aromatic N) is 1. The Morgan fingerprint density at radius 3 is 2.33 bits per heavy atom. The monoisotopic (exact) mass is 267 g/mol. The van der Waals surface area contributed by atoms with Crippen LogP contribution in [-0.4, -0.2) is 16.0 Å². The van der Waals surface area contributed by atoms with E-state index in [1.807, 2.05) is 0 Å². The maximum Gasteiger partial charge on any atom is 0.416 e. The van der Waals surface area contributed by atoms with E-state index in [9.17, 15) is 32.5 Å². The number of hydrogen-bond acceptors (Lipinski definition) is 3. The second-order valence-corrected chi connectivity index (χ2v) is 3.28. The lowest BCUT2D eigenvalue weighted by atomic mass is 10.1. The van der Waals surface area contributed by atoms with Crippen molar-refractivity contribution in [3.05, 3.63) is 39.2 Å². The van der Waals surface area contributed by atoms with Crippen LogP contribution in [0.1, 0.15) is 11.1 Å². The molecule has 98 valence electrons. The van der Waals surface area contributed by atoms with Crippen molar-refractivity contribution in [3.63, 3.8) is 0 Å². The van der Waals surface area contributed by atoms with Gasteiger partial charge in [-0.2, -0.15) is 13.2 Å². The molecule has 0 radical (unpaired) electrons. The van der Waals surface area contributed by atoms with Crippen LogP contribution in [0.3, 0.4) is 0 Å². The summed E-state index contributed by atoms with van der Waals surface area (Å²) in [5.41, 5.74) is -3.63. The summed E-state index contributed by atoms with van der Waals surface area (Å²) in [5, 5.41) is 18.9. The third kappa shape index (κ3) is 2.93. The third-order valence-electron chi connectivity index (χ3n) is 2.02. The Bertz CT molecular complexity index is 512. The van der Waals surface area contributed by atoms with Crippen molar-refractivity contribution in [3.8, 4) is 0 Å². The standard InChI is InChI=1S/C9H5F4NO4/c10-6-1-4(9(11,12)13)2-7(14(17)18)5(6)3-8(15)16/h1-2H,3H2,(H,15,16). The normalized spacial score (nSPS) is 11.3. The number of aliphatic carboxylic acids is 1. The Labute approximate surface area is 96.8 Å². The molecule has 1 rings (SSSR count). The van der Waals surface area contributed by atoms with Crippen molar-refractivity contribution >= 4 is 11.7 Å². The molecule has 0 fully saturated rings. The van der Waals surface area contributed by atoms with E-state index in [0.717, 1.165) is 0 Å². The first-order valence-corrected chi connectivity index (χ1v) is 4.38. The molecule has 0 atom stereocenters. The molecule has 0 aliphatic rings. The molecular formula is C9H5F4NO4. The molecule has 1 N–H and O–H groups in total. The molecule has 0 saturated carbocycles. The summed E-state index contributed by atoms with van der Waals surface area (Å²) in [4.78, 5) is 19.6. The van der Waals surface area contributed by atoms with Crippen molar-refractivity contribution < 1.29 is 32.4 Å². The molecule has 18 heavy (non-hydrogen) atoms. The number of benzene rings is 1. The highest BCUT2D eigenvalue weighted by Crippen LogP contribution is 2.34. The minimum Gasteiger partial charge on any atom is -0.481 e. The average Bonchev–Trinajstić information content (AvgIpc) is 2.17. The molecule has 0 aromatic heterocycles. The lowest BCUT2D eigenvalue weighted by Crippen LogP contribution is -2.11. The van der Waals surface area contributed by atoms with Crippen molar-refractivity contribution in [2.24, 2.45) is 0 Å². The zero-order valence-electron chi connectivity index (χ0n) is 8.49. The van der Waals surface area contributed by atoms with E-state index in [4.69, 9.17) is 5.11 Å². The molecule has 1 aromatic carbocycles. The van der Waals surface area contributed by atoms with Crippen LogP contribution in [-0.2, 0) is 17.4 Å². The lowest BCUT2D eigenvalue weighted by Gasteiger charge is -2.09. The highest BCUT2D eigenvalue weighted by atomic mass is 19.4. The van der Waals surface area contributed by atoms with Gasteiger partial charge in [0.2, 0.25) is 0 Å². The molecule has 0 saturated heterocycles. The van der Waals surface area contributed by atoms with Gasteiger partial charge in [-0.3, -0.25) is 14.9 Å². The number of nitro benzene ring substituents is 1. The molecule has 9 heteroatoms. The molecule has 1 aromatic rings. The van der Waals surface area contributed by atoms with E-state index in [1.165, 1.54) is 0 Å². The number of nitro groups is 1. The minimum absolute atomic E-state index is 0.0330. The highest BCUT2D eigenvalue weighted by Gasteiger charge is 2.35. The van der Waals surface area contributed by atoms with Crippen molar-refractivity contribution in [2.45, 2.75) is 12.6 Å². The Kier molecular flexibility index (Phi) is 3.54. The van der Waals surface area contributed by atoms with E-state index in [0.29, 0.717) is 0 Å². The Morgan fingerprint density at radius 2 is 1.94 bits per heavy atom. The summed E-state index contributed by atoms with van der Waals surface area (Å²) in [5.74, 6) is -3.16. The average molecular weight is 267 g/mol. The van der Waals surface area contributed by atoms with Gasteiger partial charge in [0, 0.05) is 6.07 Å². The second kappa shape index (κ2) is 4.59. The van der Waals surface area contributed by atoms with Crippen LogP contribution in [0.15, 0.2) is 12.1 Å². The SMILES string of the molecule is O=C(O)Cc1c(F)cc(C(F)(F)F)cc1[N+](=O)[O-]. The summed E-state index contributed by atoms with van der Waals surface area (Å²) >= 11 is 0. The van der Waals surface area contributed by atoms with Gasteiger partial charge in [0.15, 0.2) is 0 Å². The Morgan fingerprint density at radius 1 is 1.39 bits per heavy atom. The quantitative estimate of drug-likeness (QED) is 0.518. The lowest BCUT2D eigenvalue weighted by molar-refractivity contribution is -0.386. The van der Waals surface area contributed by atoms with Gasteiger partial charge < -0.3 is 5.11 Å². The van der Waals surface area contributed by atoms with E-state index in [-0.39, 0.29) is 12.1 Å². The molecule has 0 aliphatic heterocycles. The van der Waals surface area contributed by atoms with Crippen LogP contribution in [0.4, 0.5) is 23.2 Å². The van der Waals surface area contributed by atoms with E-state index < -0.39 is 46.1 Å². The van der Waals surface area contributed by atoms with E-state index in [1.54, 1.807) is 0 Å². The zero-order valence-corrected chi connectivity index (χ0v) is 8.49. The van der Waals surface area contributed by atoms with Crippen LogP contribution < -0.4 is 0 Å². The highest BCUT2D eigenvalue weighted by molar-refractivity contribution is 5.72. The Hall–Kier alpha value is -2.19. The molecule has 0 unspecified atom stereocenters. The predicted octanol–water partition coefficient (Wildman–Crippen LogP) is 2.38. The first-order valence-electron chi connectivity index (χ1n) is 4.38. The molecule has 0 bridgehead atoms. The molecule has 0 aliphatic carbocycles. The largest absolute Gasteiger partial charge is 0.481 e. The van der Waals surface area contributed by atoms with Crippen LogP contribution in [0.2, 0.25) is 0 Å². The molecule has 0 spiro atoms. The first-order chi connectivity index (χ1) is 8.12. The number of carboxylic acid groups (broad SMARTS) is 1. The van der Waals surface area contributed by atoms with Crippen LogP contribution in [0.5, 0.6) is 0 Å². The smallest absolute Gasteiger partial charge is 0.416 e. The number of rotatable bonds is 3. The molecule has 5 nitrogen and oxygen atoms in total. The molecule has 0 heterocycles. The molecule has 0 amide bonds. The van der Waals surface area contributed by atoms with Gasteiger partial charge in [0.05, 0.1) is 22.5 Å². The van der Waals surface area contributed by atoms with E-state index >= 15 is 0 Å². The first kappa shape index (κ1) is 13.9. The maximum absolute atomic E-state index is 13.3. The number of hydrogen-bond donors (Lipinski definition) is 1. The zero-order chi connectivity index (χ0) is 14.1.